The van der Waals surface area contributed by atoms with Crippen molar-refractivity contribution in [2.45, 2.75) is 25.7 Å². The van der Waals surface area contributed by atoms with E-state index in [1.54, 1.807) is 0 Å². The summed E-state index contributed by atoms with van der Waals surface area (Å²) in [5.41, 5.74) is 0. The van der Waals surface area contributed by atoms with Gasteiger partial charge in [-0.2, -0.15) is 0 Å². The SMILES string of the molecule is COC(=O)C1C2CC(C1C(=O)OC)C1C3CCC(C3)C21. The van der Waals surface area contributed by atoms with E-state index in [1.165, 1.54) is 33.5 Å². The van der Waals surface area contributed by atoms with Crippen LogP contribution in [0, 0.1) is 47.3 Å². The summed E-state index contributed by atoms with van der Waals surface area (Å²) >= 11 is 0. The second-order valence-corrected chi connectivity index (χ2v) is 7.15. The van der Waals surface area contributed by atoms with Crippen LogP contribution in [0.3, 0.4) is 0 Å². The topological polar surface area (TPSA) is 52.6 Å². The van der Waals surface area contributed by atoms with E-state index in [4.69, 9.17) is 9.47 Å². The zero-order valence-electron chi connectivity index (χ0n) is 12.1. The van der Waals surface area contributed by atoms with Gasteiger partial charge in [0.25, 0.3) is 0 Å². The minimum absolute atomic E-state index is 0.200. The number of carbonyl (C=O) groups is 2. The zero-order chi connectivity index (χ0) is 14.0. The van der Waals surface area contributed by atoms with E-state index in [-0.39, 0.29) is 23.8 Å². The average molecular weight is 278 g/mol. The maximum atomic E-state index is 12.2. The Labute approximate surface area is 119 Å². The van der Waals surface area contributed by atoms with Crippen LogP contribution >= 0.6 is 0 Å². The quantitative estimate of drug-likeness (QED) is 0.571. The first kappa shape index (κ1) is 12.7. The predicted octanol–water partition coefficient (Wildman–Crippen LogP) is 1.88. The number of fused-ring (bicyclic) bond motifs is 9. The molecule has 0 radical (unpaired) electrons. The number of methoxy groups -OCH3 is 2. The van der Waals surface area contributed by atoms with E-state index in [2.05, 4.69) is 0 Å². The Kier molecular flexibility index (Phi) is 2.67. The maximum Gasteiger partial charge on any atom is 0.309 e. The van der Waals surface area contributed by atoms with Crippen molar-refractivity contribution in [3.05, 3.63) is 0 Å². The van der Waals surface area contributed by atoms with Gasteiger partial charge in [0.05, 0.1) is 26.1 Å². The van der Waals surface area contributed by atoms with Gasteiger partial charge >= 0.3 is 11.9 Å². The summed E-state index contributed by atoms with van der Waals surface area (Å²) in [6, 6.07) is 0. The van der Waals surface area contributed by atoms with Gasteiger partial charge in [-0.1, -0.05) is 0 Å². The van der Waals surface area contributed by atoms with Crippen molar-refractivity contribution in [1.82, 2.24) is 0 Å². The summed E-state index contributed by atoms with van der Waals surface area (Å²) in [5, 5.41) is 0. The van der Waals surface area contributed by atoms with Crippen LogP contribution in [-0.4, -0.2) is 26.2 Å². The van der Waals surface area contributed by atoms with Gasteiger partial charge < -0.3 is 9.47 Å². The molecule has 0 aromatic rings. The van der Waals surface area contributed by atoms with E-state index in [1.807, 2.05) is 0 Å². The predicted molar refractivity (Wildman–Crippen MR) is 70.4 cm³/mol. The highest BCUT2D eigenvalue weighted by molar-refractivity contribution is 5.84. The smallest absolute Gasteiger partial charge is 0.309 e. The van der Waals surface area contributed by atoms with E-state index in [0.29, 0.717) is 23.7 Å². The van der Waals surface area contributed by atoms with Crippen LogP contribution in [0.2, 0.25) is 0 Å². The van der Waals surface area contributed by atoms with Crippen LogP contribution in [-0.2, 0) is 19.1 Å². The van der Waals surface area contributed by atoms with Crippen molar-refractivity contribution >= 4 is 11.9 Å². The molecule has 8 atom stereocenters. The fraction of sp³-hybridized carbons (Fsp3) is 0.875. The normalized spacial score (nSPS) is 51.1. The van der Waals surface area contributed by atoms with Crippen molar-refractivity contribution in [1.29, 1.82) is 0 Å². The summed E-state index contributed by atoms with van der Waals surface area (Å²) < 4.78 is 9.99. The largest absolute Gasteiger partial charge is 0.469 e. The van der Waals surface area contributed by atoms with Crippen LogP contribution < -0.4 is 0 Å². The minimum atomic E-state index is -0.252. The van der Waals surface area contributed by atoms with Crippen LogP contribution in [0.4, 0.5) is 0 Å². The van der Waals surface area contributed by atoms with E-state index in [9.17, 15) is 9.59 Å². The van der Waals surface area contributed by atoms with Gasteiger partial charge in [0, 0.05) is 0 Å². The molecule has 4 nitrogen and oxygen atoms in total. The number of hydrogen-bond donors (Lipinski definition) is 0. The Balaban J connectivity index is 1.70. The Morgan fingerprint density at radius 2 is 1.25 bits per heavy atom. The summed E-state index contributed by atoms with van der Waals surface area (Å²) in [6.45, 7) is 0. The Bertz CT molecular complexity index is 419. The molecule has 4 aliphatic rings. The molecule has 4 rings (SSSR count). The van der Waals surface area contributed by atoms with E-state index >= 15 is 0 Å². The first-order valence-electron chi connectivity index (χ1n) is 7.83. The number of esters is 2. The van der Waals surface area contributed by atoms with Crippen molar-refractivity contribution in [2.24, 2.45) is 47.3 Å². The fourth-order valence-corrected chi connectivity index (χ4v) is 6.50. The second-order valence-electron chi connectivity index (χ2n) is 7.15. The molecular weight excluding hydrogens is 256 g/mol. The molecule has 0 N–H and O–H groups in total. The monoisotopic (exact) mass is 278 g/mol. The van der Waals surface area contributed by atoms with Gasteiger partial charge in [-0.25, -0.2) is 0 Å². The third-order valence-electron chi connectivity index (χ3n) is 6.84. The van der Waals surface area contributed by atoms with Crippen molar-refractivity contribution < 1.29 is 19.1 Å². The molecule has 20 heavy (non-hydrogen) atoms. The van der Waals surface area contributed by atoms with Gasteiger partial charge in [-0.05, 0) is 61.2 Å². The molecule has 4 bridgehead atoms. The maximum absolute atomic E-state index is 12.2. The first-order chi connectivity index (χ1) is 9.67. The Morgan fingerprint density at radius 1 is 0.800 bits per heavy atom. The van der Waals surface area contributed by atoms with Crippen LogP contribution in [0.5, 0.6) is 0 Å². The van der Waals surface area contributed by atoms with Gasteiger partial charge in [-0.15, -0.1) is 0 Å². The molecular formula is C16H22O4. The molecule has 0 aliphatic heterocycles. The molecule has 4 fully saturated rings. The van der Waals surface area contributed by atoms with Gasteiger partial charge in [0.2, 0.25) is 0 Å². The van der Waals surface area contributed by atoms with Crippen molar-refractivity contribution in [3.63, 3.8) is 0 Å². The summed E-state index contributed by atoms with van der Waals surface area (Å²) in [4.78, 5) is 24.4. The second kappa shape index (κ2) is 4.22. The van der Waals surface area contributed by atoms with E-state index in [0.717, 1.165) is 18.3 Å². The van der Waals surface area contributed by atoms with E-state index < -0.39 is 0 Å². The first-order valence-corrected chi connectivity index (χ1v) is 7.83. The third-order valence-corrected chi connectivity index (χ3v) is 6.84. The number of rotatable bonds is 2. The number of hydrogen-bond acceptors (Lipinski definition) is 4. The third kappa shape index (κ3) is 1.38. The minimum Gasteiger partial charge on any atom is -0.469 e. The van der Waals surface area contributed by atoms with Gasteiger partial charge in [0.15, 0.2) is 0 Å². The molecule has 0 amide bonds. The molecule has 8 unspecified atom stereocenters. The molecule has 0 aromatic heterocycles. The van der Waals surface area contributed by atoms with Crippen LogP contribution in [0.25, 0.3) is 0 Å². The molecule has 4 heteroatoms. The Hall–Kier alpha value is -1.06. The van der Waals surface area contributed by atoms with Gasteiger partial charge in [0.1, 0.15) is 0 Å². The number of ether oxygens (including phenoxy) is 2. The summed E-state index contributed by atoms with van der Waals surface area (Å²) in [6.07, 6.45) is 5.00. The van der Waals surface area contributed by atoms with Crippen molar-refractivity contribution in [3.8, 4) is 0 Å². The summed E-state index contributed by atoms with van der Waals surface area (Å²) in [5.74, 6) is 2.75. The molecule has 4 saturated carbocycles. The Morgan fingerprint density at radius 3 is 1.65 bits per heavy atom. The van der Waals surface area contributed by atoms with Crippen LogP contribution in [0.1, 0.15) is 25.7 Å². The molecule has 0 spiro atoms. The van der Waals surface area contributed by atoms with Gasteiger partial charge in [-0.3, -0.25) is 9.59 Å². The summed E-state index contributed by atoms with van der Waals surface area (Å²) in [7, 11) is 2.86. The highest BCUT2D eigenvalue weighted by Crippen LogP contribution is 2.70. The van der Waals surface area contributed by atoms with Crippen LogP contribution in [0.15, 0.2) is 0 Å². The fourth-order valence-electron chi connectivity index (χ4n) is 6.50. The molecule has 4 aliphatic carbocycles. The lowest BCUT2D eigenvalue weighted by molar-refractivity contribution is -0.163. The lowest BCUT2D eigenvalue weighted by atomic mass is 9.63. The number of carbonyl (C=O) groups excluding carboxylic acids is 2. The lowest BCUT2D eigenvalue weighted by Gasteiger charge is -2.40. The molecule has 0 aromatic carbocycles. The average Bonchev–Trinajstić information content (AvgIpc) is 3.20. The van der Waals surface area contributed by atoms with Crippen molar-refractivity contribution in [2.75, 3.05) is 14.2 Å². The molecule has 0 heterocycles. The lowest BCUT2D eigenvalue weighted by Crippen LogP contribution is -2.45. The highest BCUT2D eigenvalue weighted by atomic mass is 16.5. The zero-order valence-corrected chi connectivity index (χ0v) is 12.1. The molecule has 0 saturated heterocycles. The molecule has 110 valence electrons. The highest BCUT2D eigenvalue weighted by Gasteiger charge is 2.68. The standard InChI is InChI=1S/C16H22O4/c1-19-15(17)13-9-6-10(14(13)16(18)20-2)12-8-4-3-7(5-8)11(9)12/h7-14H,3-6H2,1-2H3.